The van der Waals surface area contributed by atoms with Crippen LogP contribution in [0.2, 0.25) is 5.02 Å². The van der Waals surface area contributed by atoms with Crippen LogP contribution in [0.25, 0.3) is 0 Å². The molecule has 1 heterocycles. The van der Waals surface area contributed by atoms with Crippen molar-refractivity contribution in [3.63, 3.8) is 0 Å². The lowest BCUT2D eigenvalue weighted by Crippen LogP contribution is -2.11. The average Bonchev–Trinajstić information content (AvgIpc) is 2.80. The smallest absolute Gasteiger partial charge is 0.141 e. The first-order chi connectivity index (χ1) is 9.97. The second-order valence-electron chi connectivity index (χ2n) is 5.21. The molecule has 0 amide bonds. The topological polar surface area (TPSA) is 43.8 Å². The van der Waals surface area contributed by atoms with Gasteiger partial charge in [-0.3, -0.25) is 4.68 Å². The Bertz CT molecular complexity index is 635. The van der Waals surface area contributed by atoms with Crippen molar-refractivity contribution in [2.24, 2.45) is 5.73 Å². The quantitative estimate of drug-likeness (QED) is 0.911. The van der Waals surface area contributed by atoms with E-state index in [2.05, 4.69) is 18.9 Å². The minimum absolute atomic E-state index is 0.0412. The van der Waals surface area contributed by atoms with E-state index in [9.17, 15) is 4.39 Å². The molecule has 1 unspecified atom stereocenters. The zero-order chi connectivity index (χ0) is 15.6. The number of benzene rings is 1. The van der Waals surface area contributed by atoms with Crippen LogP contribution in [0.1, 0.15) is 49.3 Å². The second-order valence-corrected chi connectivity index (χ2v) is 5.62. The molecule has 2 N–H and O–H groups in total. The van der Waals surface area contributed by atoms with Gasteiger partial charge in [-0.1, -0.05) is 31.5 Å². The monoisotopic (exact) mass is 309 g/mol. The van der Waals surface area contributed by atoms with Crippen LogP contribution >= 0.6 is 11.6 Å². The van der Waals surface area contributed by atoms with Gasteiger partial charge in [-0.15, -0.1) is 0 Å². The van der Waals surface area contributed by atoms with Gasteiger partial charge in [0.2, 0.25) is 0 Å². The summed E-state index contributed by atoms with van der Waals surface area (Å²) in [6.07, 6.45) is 1.71. The summed E-state index contributed by atoms with van der Waals surface area (Å²) in [6, 6.07) is 4.73. The maximum absolute atomic E-state index is 13.2. The molecule has 114 valence electrons. The van der Waals surface area contributed by atoms with Crippen LogP contribution in [0.15, 0.2) is 18.2 Å². The van der Waals surface area contributed by atoms with Crippen LogP contribution in [-0.2, 0) is 19.4 Å². The molecule has 21 heavy (non-hydrogen) atoms. The average molecular weight is 310 g/mol. The van der Waals surface area contributed by atoms with E-state index in [1.165, 1.54) is 6.07 Å². The molecule has 1 aromatic carbocycles. The molecule has 0 aliphatic rings. The highest BCUT2D eigenvalue weighted by Gasteiger charge is 2.18. The summed E-state index contributed by atoms with van der Waals surface area (Å²) in [5.41, 5.74) is 10.3. The van der Waals surface area contributed by atoms with Crippen molar-refractivity contribution < 1.29 is 4.39 Å². The van der Waals surface area contributed by atoms with Crippen LogP contribution in [0, 0.1) is 5.82 Å². The highest BCUT2D eigenvalue weighted by molar-refractivity contribution is 6.30. The lowest BCUT2D eigenvalue weighted by atomic mass is 10.0. The Balaban J connectivity index is 2.41. The van der Waals surface area contributed by atoms with Crippen molar-refractivity contribution in [3.05, 3.63) is 51.6 Å². The normalized spacial score (nSPS) is 12.7. The Kier molecular flexibility index (Phi) is 5.01. The van der Waals surface area contributed by atoms with Crippen molar-refractivity contribution in [1.82, 2.24) is 9.78 Å². The van der Waals surface area contributed by atoms with Gasteiger partial charge >= 0.3 is 0 Å². The van der Waals surface area contributed by atoms with Crippen molar-refractivity contribution >= 4 is 11.6 Å². The van der Waals surface area contributed by atoms with Crippen LogP contribution in [-0.4, -0.2) is 9.78 Å². The maximum atomic E-state index is 13.2. The minimum Gasteiger partial charge on any atom is -0.324 e. The third kappa shape index (κ3) is 3.27. The van der Waals surface area contributed by atoms with Crippen molar-refractivity contribution in [1.29, 1.82) is 0 Å². The number of nitrogens with zero attached hydrogens (tertiary/aromatic N) is 2. The molecule has 0 aliphatic heterocycles. The number of halogens is 2. The summed E-state index contributed by atoms with van der Waals surface area (Å²) < 4.78 is 15.2. The molecule has 0 bridgehead atoms. The third-order valence-electron chi connectivity index (χ3n) is 3.62. The first kappa shape index (κ1) is 16.0. The Morgan fingerprint density at radius 1 is 1.33 bits per heavy atom. The molecule has 0 saturated carbocycles. The molecule has 0 spiro atoms. The number of aromatic nitrogens is 2. The van der Waals surface area contributed by atoms with Crippen LogP contribution in [0.3, 0.4) is 0 Å². The molecule has 0 fully saturated rings. The zero-order valence-electron chi connectivity index (χ0n) is 12.7. The lowest BCUT2D eigenvalue weighted by molar-refractivity contribution is 0.619. The fourth-order valence-electron chi connectivity index (χ4n) is 2.67. The van der Waals surface area contributed by atoms with Gasteiger partial charge in [0.05, 0.1) is 17.3 Å². The first-order valence-electron chi connectivity index (χ1n) is 7.25. The molecule has 5 heteroatoms. The van der Waals surface area contributed by atoms with Crippen molar-refractivity contribution in [3.8, 4) is 0 Å². The minimum atomic E-state index is -0.401. The van der Waals surface area contributed by atoms with Gasteiger partial charge in [0.15, 0.2) is 0 Å². The molecule has 3 nitrogen and oxygen atoms in total. The van der Waals surface area contributed by atoms with Crippen LogP contribution in [0.5, 0.6) is 0 Å². The number of aryl methyl sites for hydroxylation is 1. The summed E-state index contributed by atoms with van der Waals surface area (Å²) >= 11 is 5.84. The Morgan fingerprint density at radius 3 is 2.57 bits per heavy atom. The van der Waals surface area contributed by atoms with E-state index in [0.29, 0.717) is 6.54 Å². The van der Waals surface area contributed by atoms with Gasteiger partial charge < -0.3 is 5.73 Å². The Hall–Kier alpha value is -1.39. The zero-order valence-corrected chi connectivity index (χ0v) is 13.4. The fourth-order valence-corrected chi connectivity index (χ4v) is 2.87. The van der Waals surface area contributed by atoms with Gasteiger partial charge in [0.25, 0.3) is 0 Å². The van der Waals surface area contributed by atoms with Crippen LogP contribution < -0.4 is 5.73 Å². The SMILES string of the molecule is CCc1nn(Cc2ccc(F)c(Cl)c2)c(CC)c1C(C)N. The van der Waals surface area contributed by atoms with Gasteiger partial charge in [-0.05, 0) is 37.5 Å². The number of nitrogens with two attached hydrogens (primary N) is 1. The highest BCUT2D eigenvalue weighted by atomic mass is 35.5. The Labute approximate surface area is 129 Å². The number of hydrogen-bond acceptors (Lipinski definition) is 2. The van der Waals surface area contributed by atoms with E-state index in [1.807, 2.05) is 11.6 Å². The molecule has 2 aromatic rings. The van der Waals surface area contributed by atoms with E-state index in [-0.39, 0.29) is 11.1 Å². The number of hydrogen-bond donors (Lipinski definition) is 1. The standard InChI is InChI=1S/C16H21ClFN3/c1-4-14-16(10(3)19)15(5-2)21(20-14)9-11-6-7-13(18)12(17)8-11/h6-8,10H,4-5,9,19H2,1-3H3. The van der Waals surface area contributed by atoms with E-state index in [0.717, 1.165) is 35.4 Å². The van der Waals surface area contributed by atoms with E-state index >= 15 is 0 Å². The summed E-state index contributed by atoms with van der Waals surface area (Å²) in [4.78, 5) is 0. The largest absolute Gasteiger partial charge is 0.324 e. The summed E-state index contributed by atoms with van der Waals surface area (Å²) in [5, 5.41) is 4.81. The molecule has 0 saturated heterocycles. The summed E-state index contributed by atoms with van der Waals surface area (Å²) in [7, 11) is 0. The molecule has 1 aromatic heterocycles. The molecule has 2 rings (SSSR count). The number of rotatable bonds is 5. The molecular formula is C16H21ClFN3. The van der Waals surface area contributed by atoms with Gasteiger partial charge in [-0.2, -0.15) is 5.10 Å². The second kappa shape index (κ2) is 6.58. The van der Waals surface area contributed by atoms with E-state index in [4.69, 9.17) is 17.3 Å². The van der Waals surface area contributed by atoms with E-state index in [1.54, 1.807) is 12.1 Å². The molecule has 0 aliphatic carbocycles. The van der Waals surface area contributed by atoms with Gasteiger partial charge in [0.1, 0.15) is 5.82 Å². The fraction of sp³-hybridized carbons (Fsp3) is 0.438. The Morgan fingerprint density at radius 2 is 2.05 bits per heavy atom. The third-order valence-corrected chi connectivity index (χ3v) is 3.91. The first-order valence-corrected chi connectivity index (χ1v) is 7.63. The molecular weight excluding hydrogens is 289 g/mol. The maximum Gasteiger partial charge on any atom is 0.141 e. The van der Waals surface area contributed by atoms with Gasteiger partial charge in [-0.25, -0.2) is 4.39 Å². The van der Waals surface area contributed by atoms with E-state index < -0.39 is 5.82 Å². The van der Waals surface area contributed by atoms with Gasteiger partial charge in [0, 0.05) is 17.3 Å². The predicted octanol–water partition coefficient (Wildman–Crippen LogP) is 3.87. The molecule has 1 atom stereocenters. The lowest BCUT2D eigenvalue weighted by Gasteiger charge is -2.10. The van der Waals surface area contributed by atoms with Crippen LogP contribution in [0.4, 0.5) is 4.39 Å². The molecule has 0 radical (unpaired) electrons. The van der Waals surface area contributed by atoms with Crippen molar-refractivity contribution in [2.45, 2.75) is 46.2 Å². The van der Waals surface area contributed by atoms with Crippen molar-refractivity contribution in [2.75, 3.05) is 0 Å². The highest BCUT2D eigenvalue weighted by Crippen LogP contribution is 2.24. The predicted molar refractivity (Wildman–Crippen MR) is 84.1 cm³/mol. The summed E-state index contributed by atoms with van der Waals surface area (Å²) in [6.45, 7) is 6.72. The summed E-state index contributed by atoms with van der Waals surface area (Å²) in [5.74, 6) is -0.401.